The van der Waals surface area contributed by atoms with E-state index in [1.807, 2.05) is 0 Å². The predicted molar refractivity (Wildman–Crippen MR) is 46.6 cm³/mol. The lowest BCUT2D eigenvalue weighted by Gasteiger charge is -2.05. The summed E-state index contributed by atoms with van der Waals surface area (Å²) in [7, 11) is 1.42. The normalized spacial score (nSPS) is 10.2. The van der Waals surface area contributed by atoms with Crippen molar-refractivity contribution in [1.82, 2.24) is 9.13 Å². The molecule has 0 saturated carbocycles. The van der Waals surface area contributed by atoms with Gasteiger partial charge in [-0.25, -0.2) is 4.79 Å². The van der Waals surface area contributed by atoms with Crippen LogP contribution in [-0.2, 0) is 13.6 Å². The van der Waals surface area contributed by atoms with E-state index in [4.69, 9.17) is 11.6 Å². The van der Waals surface area contributed by atoms with E-state index in [9.17, 15) is 9.59 Å². The number of halogens is 1. The first-order valence-electron chi connectivity index (χ1n) is 3.54. The van der Waals surface area contributed by atoms with Gasteiger partial charge in [0.05, 0.1) is 0 Å². The van der Waals surface area contributed by atoms with Crippen LogP contribution in [0.1, 0.15) is 6.92 Å². The second-order valence-electron chi connectivity index (χ2n) is 2.39. The third-order valence-corrected chi connectivity index (χ3v) is 1.98. The highest BCUT2D eigenvalue weighted by molar-refractivity contribution is 6.29. The molecule has 5 heteroatoms. The van der Waals surface area contributed by atoms with Gasteiger partial charge in [0.15, 0.2) is 0 Å². The minimum atomic E-state index is -0.380. The zero-order chi connectivity index (χ0) is 9.30. The topological polar surface area (TPSA) is 44.0 Å². The van der Waals surface area contributed by atoms with E-state index in [2.05, 4.69) is 0 Å². The summed E-state index contributed by atoms with van der Waals surface area (Å²) in [6.45, 7) is 2.25. The molecule has 0 aliphatic heterocycles. The van der Waals surface area contributed by atoms with Crippen LogP contribution in [0.4, 0.5) is 0 Å². The molecular formula is C7H9ClN2O2. The van der Waals surface area contributed by atoms with Gasteiger partial charge >= 0.3 is 5.69 Å². The van der Waals surface area contributed by atoms with E-state index in [-0.39, 0.29) is 16.4 Å². The van der Waals surface area contributed by atoms with Crippen LogP contribution in [0.25, 0.3) is 0 Å². The summed E-state index contributed by atoms with van der Waals surface area (Å²) in [5, 5.41) is 0.186. The molecule has 66 valence electrons. The maximum absolute atomic E-state index is 11.3. The Morgan fingerprint density at radius 1 is 1.50 bits per heavy atom. The summed E-state index contributed by atoms with van der Waals surface area (Å²) in [6, 6.07) is 1.23. The van der Waals surface area contributed by atoms with Crippen LogP contribution in [-0.4, -0.2) is 9.13 Å². The fourth-order valence-corrected chi connectivity index (χ4v) is 1.21. The van der Waals surface area contributed by atoms with Crippen molar-refractivity contribution in [3.63, 3.8) is 0 Å². The Balaban J connectivity index is 3.63. The van der Waals surface area contributed by atoms with Crippen molar-refractivity contribution in [2.75, 3.05) is 0 Å². The van der Waals surface area contributed by atoms with Crippen molar-refractivity contribution < 1.29 is 0 Å². The van der Waals surface area contributed by atoms with Crippen molar-refractivity contribution in [2.24, 2.45) is 7.05 Å². The Morgan fingerprint density at radius 3 is 2.58 bits per heavy atom. The van der Waals surface area contributed by atoms with Crippen LogP contribution in [0.3, 0.4) is 0 Å². The first-order valence-corrected chi connectivity index (χ1v) is 3.92. The molecule has 12 heavy (non-hydrogen) atoms. The molecule has 0 aromatic carbocycles. The third kappa shape index (κ3) is 1.30. The second kappa shape index (κ2) is 3.15. The quantitative estimate of drug-likeness (QED) is 0.592. The Kier molecular flexibility index (Phi) is 2.38. The SMILES string of the molecule is CCn1c(Cl)cc(=O)n(C)c1=O. The van der Waals surface area contributed by atoms with Gasteiger partial charge in [-0.2, -0.15) is 0 Å². The van der Waals surface area contributed by atoms with E-state index in [1.54, 1.807) is 6.92 Å². The Morgan fingerprint density at radius 2 is 2.08 bits per heavy atom. The van der Waals surface area contributed by atoms with E-state index >= 15 is 0 Å². The van der Waals surface area contributed by atoms with Gasteiger partial charge in [0, 0.05) is 19.7 Å². The number of aromatic nitrogens is 2. The van der Waals surface area contributed by atoms with Gasteiger partial charge in [-0.3, -0.25) is 13.9 Å². The van der Waals surface area contributed by atoms with E-state index in [0.29, 0.717) is 6.54 Å². The van der Waals surface area contributed by atoms with Crippen molar-refractivity contribution in [3.8, 4) is 0 Å². The molecule has 0 amide bonds. The van der Waals surface area contributed by atoms with Gasteiger partial charge in [0.1, 0.15) is 5.15 Å². The Bertz CT molecular complexity index is 405. The van der Waals surface area contributed by atoms with E-state index in [0.717, 1.165) is 4.57 Å². The van der Waals surface area contributed by atoms with E-state index in [1.165, 1.54) is 17.7 Å². The molecule has 4 nitrogen and oxygen atoms in total. The Hall–Kier alpha value is -1.03. The standard InChI is InChI=1S/C7H9ClN2O2/c1-3-10-5(8)4-6(11)9(2)7(10)12/h4H,3H2,1-2H3. The van der Waals surface area contributed by atoms with Crippen LogP contribution >= 0.6 is 11.6 Å². The predicted octanol–water partition coefficient (Wildman–Crippen LogP) is 0.220. The molecule has 0 atom stereocenters. The minimum absolute atomic E-state index is 0.186. The number of hydrogen-bond acceptors (Lipinski definition) is 2. The lowest BCUT2D eigenvalue weighted by molar-refractivity contribution is 0.630. The number of nitrogens with zero attached hydrogens (tertiary/aromatic N) is 2. The highest BCUT2D eigenvalue weighted by Crippen LogP contribution is 2.00. The summed E-state index contributed by atoms with van der Waals surface area (Å²) in [5.74, 6) is 0. The van der Waals surface area contributed by atoms with Gasteiger partial charge in [-0.1, -0.05) is 11.6 Å². The molecule has 0 radical (unpaired) electrons. The first kappa shape index (κ1) is 9.06. The third-order valence-electron chi connectivity index (χ3n) is 1.67. The molecule has 0 fully saturated rings. The number of rotatable bonds is 1. The van der Waals surface area contributed by atoms with E-state index < -0.39 is 0 Å². The maximum atomic E-state index is 11.3. The minimum Gasteiger partial charge on any atom is -0.284 e. The maximum Gasteiger partial charge on any atom is 0.331 e. The summed E-state index contributed by atoms with van der Waals surface area (Å²) in [4.78, 5) is 22.3. The first-order chi connectivity index (χ1) is 5.57. The summed E-state index contributed by atoms with van der Waals surface area (Å²) >= 11 is 5.66. The molecule has 0 aliphatic rings. The average molecular weight is 189 g/mol. The molecule has 0 bridgehead atoms. The molecule has 0 N–H and O–H groups in total. The van der Waals surface area contributed by atoms with Gasteiger partial charge in [0.2, 0.25) is 0 Å². The van der Waals surface area contributed by atoms with Gasteiger partial charge in [-0.15, -0.1) is 0 Å². The van der Waals surface area contributed by atoms with Crippen LogP contribution in [0.2, 0.25) is 5.15 Å². The monoisotopic (exact) mass is 188 g/mol. The summed E-state index contributed by atoms with van der Waals surface area (Å²) in [5.41, 5.74) is -0.760. The van der Waals surface area contributed by atoms with Gasteiger partial charge in [0.25, 0.3) is 5.56 Å². The highest BCUT2D eigenvalue weighted by atomic mass is 35.5. The molecule has 0 saturated heterocycles. The van der Waals surface area contributed by atoms with Crippen LogP contribution in [0.15, 0.2) is 15.7 Å². The Labute approximate surface area is 74.0 Å². The fraction of sp³-hybridized carbons (Fsp3) is 0.429. The second-order valence-corrected chi connectivity index (χ2v) is 2.78. The molecule has 0 aliphatic carbocycles. The molecule has 1 heterocycles. The lowest BCUT2D eigenvalue weighted by atomic mass is 10.6. The largest absolute Gasteiger partial charge is 0.331 e. The molecule has 0 spiro atoms. The molecular weight excluding hydrogens is 180 g/mol. The lowest BCUT2D eigenvalue weighted by Crippen LogP contribution is -2.37. The van der Waals surface area contributed by atoms with Crippen molar-refractivity contribution >= 4 is 11.6 Å². The average Bonchev–Trinajstić information content (AvgIpc) is 2.01. The molecule has 0 unspecified atom stereocenters. The molecule has 1 aromatic rings. The van der Waals surface area contributed by atoms with Crippen molar-refractivity contribution in [2.45, 2.75) is 13.5 Å². The van der Waals surface area contributed by atoms with Crippen LogP contribution in [0.5, 0.6) is 0 Å². The van der Waals surface area contributed by atoms with Gasteiger partial charge < -0.3 is 0 Å². The molecule has 1 rings (SSSR count). The number of hydrogen-bond donors (Lipinski definition) is 0. The smallest absolute Gasteiger partial charge is 0.284 e. The van der Waals surface area contributed by atoms with Crippen LogP contribution < -0.4 is 11.2 Å². The zero-order valence-electron chi connectivity index (χ0n) is 6.87. The summed E-state index contributed by atoms with van der Waals surface area (Å²) < 4.78 is 2.35. The van der Waals surface area contributed by atoms with Crippen LogP contribution in [0, 0.1) is 0 Å². The van der Waals surface area contributed by atoms with Crippen molar-refractivity contribution in [1.29, 1.82) is 0 Å². The molecule has 1 aromatic heterocycles. The van der Waals surface area contributed by atoms with Gasteiger partial charge in [-0.05, 0) is 6.92 Å². The summed E-state index contributed by atoms with van der Waals surface area (Å²) in [6.07, 6.45) is 0. The highest BCUT2D eigenvalue weighted by Gasteiger charge is 2.03. The zero-order valence-corrected chi connectivity index (χ0v) is 7.63. The fourth-order valence-electron chi connectivity index (χ4n) is 0.930. The van der Waals surface area contributed by atoms with Crippen molar-refractivity contribution in [3.05, 3.63) is 32.1 Å².